The molecule has 3 rings (SSSR count). The predicted molar refractivity (Wildman–Crippen MR) is 84.2 cm³/mol. The molecule has 0 bridgehead atoms. The Morgan fingerprint density at radius 2 is 2.29 bits per heavy atom. The van der Waals surface area contributed by atoms with Crippen molar-refractivity contribution in [2.24, 2.45) is 11.7 Å². The van der Waals surface area contributed by atoms with Gasteiger partial charge in [0.05, 0.1) is 4.88 Å². The SMILES string of the molecule is Cc1c(C(=O)NC2CCCC2CN)sc2ccc(F)cc12. The standard InChI is InChI=1S/C16H19FN2OS/c1-9-12-7-11(17)5-6-14(12)21-15(9)16(20)19-13-4-2-3-10(13)8-18/h5-7,10,13H,2-4,8,18H2,1H3,(H,19,20). The molecule has 3 N–H and O–H groups in total. The van der Waals surface area contributed by atoms with Crippen molar-refractivity contribution in [3.05, 3.63) is 34.5 Å². The van der Waals surface area contributed by atoms with Crippen molar-refractivity contribution in [3.8, 4) is 0 Å². The van der Waals surface area contributed by atoms with E-state index in [2.05, 4.69) is 5.32 Å². The third-order valence-corrected chi connectivity index (χ3v) is 5.65. The number of nitrogens with two attached hydrogens (primary N) is 1. The molecule has 1 fully saturated rings. The van der Waals surface area contributed by atoms with E-state index in [0.29, 0.717) is 17.3 Å². The van der Waals surface area contributed by atoms with Gasteiger partial charge in [0.2, 0.25) is 0 Å². The Morgan fingerprint density at radius 3 is 3.05 bits per heavy atom. The van der Waals surface area contributed by atoms with Gasteiger partial charge in [-0.05, 0) is 61.4 Å². The fourth-order valence-electron chi connectivity index (χ4n) is 3.15. The average Bonchev–Trinajstić information content (AvgIpc) is 3.04. The van der Waals surface area contributed by atoms with Crippen molar-refractivity contribution in [2.75, 3.05) is 6.54 Å². The number of benzene rings is 1. The van der Waals surface area contributed by atoms with Crippen molar-refractivity contribution in [1.29, 1.82) is 0 Å². The fourth-order valence-corrected chi connectivity index (χ4v) is 4.25. The summed E-state index contributed by atoms with van der Waals surface area (Å²) in [6.45, 7) is 2.49. The molecule has 1 aliphatic carbocycles. The van der Waals surface area contributed by atoms with Gasteiger partial charge in [-0.1, -0.05) is 6.42 Å². The third kappa shape index (κ3) is 2.68. The number of hydrogen-bond acceptors (Lipinski definition) is 3. The zero-order valence-corrected chi connectivity index (χ0v) is 12.8. The molecule has 21 heavy (non-hydrogen) atoms. The van der Waals surface area contributed by atoms with Crippen LogP contribution in [-0.4, -0.2) is 18.5 Å². The van der Waals surface area contributed by atoms with E-state index in [9.17, 15) is 9.18 Å². The summed E-state index contributed by atoms with van der Waals surface area (Å²) in [6.07, 6.45) is 3.19. The molecular formula is C16H19FN2OS. The van der Waals surface area contributed by atoms with Crippen LogP contribution in [0, 0.1) is 18.7 Å². The van der Waals surface area contributed by atoms with Gasteiger partial charge in [-0.3, -0.25) is 4.79 Å². The molecule has 112 valence electrons. The lowest BCUT2D eigenvalue weighted by molar-refractivity contribution is 0.0932. The summed E-state index contributed by atoms with van der Waals surface area (Å²) in [5.74, 6) is 0.0508. The van der Waals surface area contributed by atoms with Gasteiger partial charge in [-0.25, -0.2) is 4.39 Å². The van der Waals surface area contributed by atoms with Crippen molar-refractivity contribution in [3.63, 3.8) is 0 Å². The van der Waals surface area contributed by atoms with E-state index >= 15 is 0 Å². The first kappa shape index (κ1) is 14.5. The van der Waals surface area contributed by atoms with Crippen LogP contribution in [0.5, 0.6) is 0 Å². The molecular weight excluding hydrogens is 287 g/mol. The van der Waals surface area contributed by atoms with Crippen LogP contribution in [0.2, 0.25) is 0 Å². The van der Waals surface area contributed by atoms with Gasteiger partial charge < -0.3 is 11.1 Å². The second kappa shape index (κ2) is 5.73. The summed E-state index contributed by atoms with van der Waals surface area (Å²) in [4.78, 5) is 13.2. The first-order chi connectivity index (χ1) is 10.1. The molecule has 0 aliphatic heterocycles. The number of amides is 1. The van der Waals surface area contributed by atoms with Crippen molar-refractivity contribution in [1.82, 2.24) is 5.32 Å². The van der Waals surface area contributed by atoms with E-state index in [1.165, 1.54) is 23.5 Å². The smallest absolute Gasteiger partial charge is 0.261 e. The minimum absolute atomic E-state index is 0.0561. The second-order valence-electron chi connectivity index (χ2n) is 5.70. The Labute approximate surface area is 127 Å². The van der Waals surface area contributed by atoms with Crippen LogP contribution in [0.15, 0.2) is 18.2 Å². The summed E-state index contributed by atoms with van der Waals surface area (Å²) >= 11 is 1.42. The van der Waals surface area contributed by atoms with Crippen molar-refractivity contribution in [2.45, 2.75) is 32.2 Å². The van der Waals surface area contributed by atoms with E-state index in [4.69, 9.17) is 5.73 Å². The van der Waals surface area contributed by atoms with Crippen LogP contribution in [0.25, 0.3) is 10.1 Å². The van der Waals surface area contributed by atoms with E-state index in [1.54, 1.807) is 6.07 Å². The monoisotopic (exact) mass is 306 g/mol. The summed E-state index contributed by atoms with van der Waals surface area (Å²) in [5, 5.41) is 3.94. The second-order valence-corrected chi connectivity index (χ2v) is 6.76. The molecule has 2 unspecified atom stereocenters. The summed E-state index contributed by atoms with van der Waals surface area (Å²) in [5.41, 5.74) is 6.61. The van der Waals surface area contributed by atoms with E-state index in [1.807, 2.05) is 6.92 Å². The van der Waals surface area contributed by atoms with Gasteiger partial charge in [-0.2, -0.15) is 0 Å². The number of aryl methyl sites for hydroxylation is 1. The van der Waals surface area contributed by atoms with Gasteiger partial charge in [0.15, 0.2) is 0 Å². The average molecular weight is 306 g/mol. The maximum absolute atomic E-state index is 13.3. The van der Waals surface area contributed by atoms with Crippen LogP contribution in [-0.2, 0) is 0 Å². The molecule has 0 spiro atoms. The third-order valence-electron chi connectivity index (χ3n) is 4.38. The summed E-state index contributed by atoms with van der Waals surface area (Å²) in [7, 11) is 0. The van der Waals surface area contributed by atoms with Crippen LogP contribution < -0.4 is 11.1 Å². The zero-order valence-electron chi connectivity index (χ0n) is 12.0. The summed E-state index contributed by atoms with van der Waals surface area (Å²) in [6, 6.07) is 4.83. The van der Waals surface area contributed by atoms with Crippen LogP contribution in [0.1, 0.15) is 34.5 Å². The lowest BCUT2D eigenvalue weighted by Gasteiger charge is -2.19. The number of carbonyl (C=O) groups is 1. The van der Waals surface area contributed by atoms with E-state index in [0.717, 1.165) is 34.9 Å². The van der Waals surface area contributed by atoms with Crippen molar-refractivity contribution >= 4 is 27.3 Å². The molecule has 1 aromatic heterocycles. The minimum atomic E-state index is -0.269. The molecule has 1 aromatic carbocycles. The van der Waals surface area contributed by atoms with E-state index in [-0.39, 0.29) is 17.8 Å². The Bertz CT molecular complexity index is 682. The van der Waals surface area contributed by atoms with Gasteiger partial charge >= 0.3 is 0 Å². The summed E-state index contributed by atoms with van der Waals surface area (Å²) < 4.78 is 14.3. The number of fused-ring (bicyclic) bond motifs is 1. The van der Waals surface area contributed by atoms with Crippen LogP contribution in [0.4, 0.5) is 4.39 Å². The quantitative estimate of drug-likeness (QED) is 0.915. The lowest BCUT2D eigenvalue weighted by atomic mass is 10.0. The van der Waals surface area contributed by atoms with Gasteiger partial charge in [0.25, 0.3) is 5.91 Å². The molecule has 1 saturated carbocycles. The highest BCUT2D eigenvalue weighted by Crippen LogP contribution is 2.32. The minimum Gasteiger partial charge on any atom is -0.348 e. The Balaban J connectivity index is 1.86. The van der Waals surface area contributed by atoms with Crippen LogP contribution in [0.3, 0.4) is 0 Å². The number of hydrogen-bond donors (Lipinski definition) is 2. The Hall–Kier alpha value is -1.46. The normalized spacial score (nSPS) is 21.9. The Kier molecular flexibility index (Phi) is 3.95. The largest absolute Gasteiger partial charge is 0.348 e. The first-order valence-electron chi connectivity index (χ1n) is 7.29. The predicted octanol–water partition coefficient (Wildman–Crippen LogP) is 3.21. The number of rotatable bonds is 3. The van der Waals surface area contributed by atoms with Gasteiger partial charge in [0.1, 0.15) is 5.82 Å². The van der Waals surface area contributed by atoms with Crippen LogP contribution >= 0.6 is 11.3 Å². The van der Waals surface area contributed by atoms with E-state index < -0.39 is 0 Å². The molecule has 1 amide bonds. The number of nitrogens with one attached hydrogen (secondary N) is 1. The molecule has 1 aliphatic rings. The molecule has 5 heteroatoms. The van der Waals surface area contributed by atoms with Gasteiger partial charge in [-0.15, -0.1) is 11.3 Å². The number of halogens is 1. The molecule has 0 saturated heterocycles. The molecule has 2 aromatic rings. The number of thiophene rings is 1. The maximum atomic E-state index is 13.3. The Morgan fingerprint density at radius 1 is 1.48 bits per heavy atom. The highest BCUT2D eigenvalue weighted by atomic mass is 32.1. The van der Waals surface area contributed by atoms with Gasteiger partial charge in [0, 0.05) is 10.7 Å². The van der Waals surface area contributed by atoms with Crippen molar-refractivity contribution < 1.29 is 9.18 Å². The molecule has 3 nitrogen and oxygen atoms in total. The molecule has 1 heterocycles. The fraction of sp³-hybridized carbons (Fsp3) is 0.438. The first-order valence-corrected chi connectivity index (χ1v) is 8.11. The molecule has 0 radical (unpaired) electrons. The number of carbonyl (C=O) groups excluding carboxylic acids is 1. The zero-order chi connectivity index (χ0) is 15.0. The molecule has 2 atom stereocenters. The lowest BCUT2D eigenvalue weighted by Crippen LogP contribution is -2.39. The highest BCUT2D eigenvalue weighted by molar-refractivity contribution is 7.21. The highest BCUT2D eigenvalue weighted by Gasteiger charge is 2.28. The maximum Gasteiger partial charge on any atom is 0.261 e. The topological polar surface area (TPSA) is 55.1 Å².